The number of hydrogen-bond donors (Lipinski definition) is 2. The van der Waals surface area contributed by atoms with Crippen LogP contribution in [0.5, 0.6) is 0 Å². The van der Waals surface area contributed by atoms with Crippen LogP contribution in [0.25, 0.3) is 0 Å². The molecule has 0 aliphatic carbocycles. The molecule has 0 amide bonds. The second kappa shape index (κ2) is 12.8. The van der Waals surface area contributed by atoms with Crippen molar-refractivity contribution in [3.8, 4) is 0 Å². The minimum Gasteiger partial charge on any atom is -0.379 e. The molecule has 5 nitrogen and oxygen atoms in total. The molecule has 2 aromatic carbocycles. The van der Waals surface area contributed by atoms with Gasteiger partial charge in [0.15, 0.2) is 5.96 Å². The number of benzene rings is 2. The summed E-state index contributed by atoms with van der Waals surface area (Å²) in [6.07, 6.45) is 0.742. The summed E-state index contributed by atoms with van der Waals surface area (Å²) in [6, 6.07) is 15.2. The third-order valence-corrected chi connectivity index (χ3v) is 4.88. The maximum absolute atomic E-state index is 13.3. The smallest absolute Gasteiger partial charge is 0.191 e. The fourth-order valence-electron chi connectivity index (χ4n) is 3.30. The second-order valence-electron chi connectivity index (χ2n) is 6.89. The molecule has 158 valence electrons. The van der Waals surface area contributed by atoms with Gasteiger partial charge in [-0.1, -0.05) is 36.4 Å². The van der Waals surface area contributed by atoms with Crippen LogP contribution in [0.2, 0.25) is 0 Å². The number of nitrogens with zero attached hydrogens (tertiary/aromatic N) is 2. The molecule has 0 bridgehead atoms. The quantitative estimate of drug-likeness (QED) is 0.340. The maximum Gasteiger partial charge on any atom is 0.191 e. The van der Waals surface area contributed by atoms with Gasteiger partial charge in [0.1, 0.15) is 5.82 Å². The molecule has 0 unspecified atom stereocenters. The summed E-state index contributed by atoms with van der Waals surface area (Å²) < 4.78 is 18.7. The lowest BCUT2D eigenvalue weighted by atomic mass is 10.1. The normalized spacial score (nSPS) is 14.9. The summed E-state index contributed by atoms with van der Waals surface area (Å²) in [7, 11) is 1.76. The lowest BCUT2D eigenvalue weighted by Gasteiger charge is -2.27. The van der Waals surface area contributed by atoms with E-state index in [2.05, 4.69) is 44.8 Å². The van der Waals surface area contributed by atoms with Gasteiger partial charge in [0.25, 0.3) is 0 Å². The highest BCUT2D eigenvalue weighted by Gasteiger charge is 2.12. The molecule has 2 N–H and O–H groups in total. The highest BCUT2D eigenvalue weighted by Crippen LogP contribution is 2.13. The van der Waals surface area contributed by atoms with Gasteiger partial charge >= 0.3 is 0 Å². The van der Waals surface area contributed by atoms with E-state index >= 15 is 0 Å². The number of ether oxygens (including phenoxy) is 1. The second-order valence-corrected chi connectivity index (χ2v) is 6.89. The average molecular weight is 512 g/mol. The molecule has 29 heavy (non-hydrogen) atoms. The molecule has 0 atom stereocenters. The van der Waals surface area contributed by atoms with Gasteiger partial charge in [-0.2, -0.15) is 0 Å². The van der Waals surface area contributed by atoms with Crippen LogP contribution >= 0.6 is 24.0 Å². The standard InChI is InChI=1S/C22H29FN4O.HI/c1-24-22(25-10-9-18-5-4-8-21(23)15-18)26-16-19-6-2-3-7-20(19)17-27-11-13-28-14-12-27;/h2-8,15H,9-14,16-17H2,1H3,(H2,24,25,26);1H. The Balaban J connectivity index is 0.00000300. The molecule has 2 aromatic rings. The largest absolute Gasteiger partial charge is 0.379 e. The Morgan fingerprint density at radius 1 is 1.07 bits per heavy atom. The predicted molar refractivity (Wildman–Crippen MR) is 126 cm³/mol. The fraction of sp³-hybridized carbons (Fsp3) is 0.409. The van der Waals surface area contributed by atoms with Crippen LogP contribution < -0.4 is 10.6 Å². The van der Waals surface area contributed by atoms with E-state index < -0.39 is 0 Å². The summed E-state index contributed by atoms with van der Waals surface area (Å²) in [5, 5.41) is 6.68. The van der Waals surface area contributed by atoms with Gasteiger partial charge in [-0.15, -0.1) is 24.0 Å². The summed E-state index contributed by atoms with van der Waals surface area (Å²) >= 11 is 0. The molecule has 0 spiro atoms. The molecule has 0 aromatic heterocycles. The van der Waals surface area contributed by atoms with E-state index in [1.807, 2.05) is 6.07 Å². The van der Waals surface area contributed by atoms with E-state index in [4.69, 9.17) is 4.74 Å². The summed E-state index contributed by atoms with van der Waals surface area (Å²) in [5.74, 6) is 0.550. The van der Waals surface area contributed by atoms with Crippen LogP contribution in [-0.4, -0.2) is 50.8 Å². The molecular formula is C22H30FIN4O. The van der Waals surface area contributed by atoms with Crippen LogP contribution in [0.4, 0.5) is 4.39 Å². The number of morpholine rings is 1. The molecule has 1 aliphatic rings. The predicted octanol–water partition coefficient (Wildman–Crippen LogP) is 3.18. The van der Waals surface area contributed by atoms with Gasteiger partial charge in [0, 0.05) is 39.8 Å². The lowest BCUT2D eigenvalue weighted by molar-refractivity contribution is 0.0341. The Kier molecular flexibility index (Phi) is 10.4. The summed E-state index contributed by atoms with van der Waals surface area (Å²) in [6.45, 7) is 5.91. The number of rotatable bonds is 7. The molecule has 0 saturated carbocycles. The van der Waals surface area contributed by atoms with Crippen molar-refractivity contribution in [2.75, 3.05) is 39.9 Å². The van der Waals surface area contributed by atoms with Crippen molar-refractivity contribution in [2.24, 2.45) is 4.99 Å². The average Bonchev–Trinajstić information content (AvgIpc) is 2.72. The van der Waals surface area contributed by atoms with Gasteiger partial charge in [0.2, 0.25) is 0 Å². The zero-order chi connectivity index (χ0) is 19.6. The molecule has 3 rings (SSSR count). The van der Waals surface area contributed by atoms with E-state index in [1.165, 1.54) is 17.2 Å². The van der Waals surface area contributed by atoms with Crippen LogP contribution in [0.3, 0.4) is 0 Å². The Morgan fingerprint density at radius 2 is 1.83 bits per heavy atom. The van der Waals surface area contributed by atoms with Crippen molar-refractivity contribution in [2.45, 2.75) is 19.5 Å². The van der Waals surface area contributed by atoms with Crippen molar-refractivity contribution < 1.29 is 9.13 Å². The Morgan fingerprint density at radius 3 is 2.55 bits per heavy atom. The van der Waals surface area contributed by atoms with E-state index in [9.17, 15) is 4.39 Å². The van der Waals surface area contributed by atoms with Crippen molar-refractivity contribution in [3.63, 3.8) is 0 Å². The Hall–Kier alpha value is -1.71. The molecule has 1 heterocycles. The van der Waals surface area contributed by atoms with Gasteiger partial charge < -0.3 is 15.4 Å². The highest BCUT2D eigenvalue weighted by atomic mass is 127. The van der Waals surface area contributed by atoms with Gasteiger partial charge in [-0.25, -0.2) is 4.39 Å². The zero-order valence-electron chi connectivity index (χ0n) is 16.9. The van der Waals surface area contributed by atoms with Crippen LogP contribution in [0.15, 0.2) is 53.5 Å². The first kappa shape index (κ1) is 23.6. The minimum absolute atomic E-state index is 0. The summed E-state index contributed by atoms with van der Waals surface area (Å²) in [4.78, 5) is 6.72. The SMILES string of the molecule is CN=C(NCCc1cccc(F)c1)NCc1ccccc1CN1CCOCC1.I. The van der Waals surface area contributed by atoms with Crippen molar-refractivity contribution in [1.82, 2.24) is 15.5 Å². The topological polar surface area (TPSA) is 48.9 Å². The van der Waals surface area contributed by atoms with E-state index in [1.54, 1.807) is 19.2 Å². The van der Waals surface area contributed by atoms with Crippen molar-refractivity contribution in [3.05, 3.63) is 71.0 Å². The van der Waals surface area contributed by atoms with Crippen LogP contribution in [0, 0.1) is 5.82 Å². The first-order chi connectivity index (χ1) is 13.7. The molecule has 1 saturated heterocycles. The van der Waals surface area contributed by atoms with Gasteiger partial charge in [-0.05, 0) is 35.2 Å². The van der Waals surface area contributed by atoms with E-state index in [-0.39, 0.29) is 29.8 Å². The monoisotopic (exact) mass is 512 g/mol. The third-order valence-electron chi connectivity index (χ3n) is 4.88. The fourth-order valence-corrected chi connectivity index (χ4v) is 3.30. The lowest BCUT2D eigenvalue weighted by Crippen LogP contribution is -2.38. The van der Waals surface area contributed by atoms with Gasteiger partial charge in [0.05, 0.1) is 13.2 Å². The van der Waals surface area contributed by atoms with Crippen LogP contribution in [0.1, 0.15) is 16.7 Å². The zero-order valence-corrected chi connectivity index (χ0v) is 19.2. The first-order valence-electron chi connectivity index (χ1n) is 9.80. The first-order valence-corrected chi connectivity index (χ1v) is 9.80. The highest BCUT2D eigenvalue weighted by molar-refractivity contribution is 14.0. The third kappa shape index (κ3) is 7.91. The number of hydrogen-bond acceptors (Lipinski definition) is 3. The minimum atomic E-state index is -0.197. The summed E-state index contributed by atoms with van der Waals surface area (Å²) in [5.41, 5.74) is 3.56. The van der Waals surface area contributed by atoms with Crippen LogP contribution in [-0.2, 0) is 24.2 Å². The van der Waals surface area contributed by atoms with E-state index in [0.29, 0.717) is 13.1 Å². The molecule has 1 aliphatic heterocycles. The van der Waals surface area contributed by atoms with Crippen molar-refractivity contribution >= 4 is 29.9 Å². The number of nitrogens with one attached hydrogen (secondary N) is 2. The molecule has 7 heteroatoms. The Bertz CT molecular complexity index is 781. The Labute approximate surface area is 189 Å². The molecule has 0 radical (unpaired) electrons. The number of guanidine groups is 1. The number of aliphatic imine (C=N–C) groups is 1. The van der Waals surface area contributed by atoms with Crippen molar-refractivity contribution in [1.29, 1.82) is 0 Å². The van der Waals surface area contributed by atoms with Gasteiger partial charge in [-0.3, -0.25) is 9.89 Å². The molecule has 1 fully saturated rings. The molecular weight excluding hydrogens is 482 g/mol. The van der Waals surface area contributed by atoms with E-state index in [0.717, 1.165) is 50.8 Å². The maximum atomic E-state index is 13.3. The number of halogens is 2.